The predicted molar refractivity (Wildman–Crippen MR) is 92.5 cm³/mol. The number of benzene rings is 1. The Balaban J connectivity index is 1.84. The summed E-state index contributed by atoms with van der Waals surface area (Å²) in [7, 11) is 0. The Morgan fingerprint density at radius 2 is 1.87 bits per heavy atom. The van der Waals surface area contributed by atoms with Gasteiger partial charge in [0, 0.05) is 24.8 Å². The molecule has 0 amide bonds. The highest BCUT2D eigenvalue weighted by atomic mass is 127. The second kappa shape index (κ2) is 5.70. The van der Waals surface area contributed by atoms with Gasteiger partial charge < -0.3 is 4.90 Å². The van der Waals surface area contributed by atoms with Gasteiger partial charge in [-0.3, -0.25) is 0 Å². The van der Waals surface area contributed by atoms with Crippen LogP contribution < -0.4 is 4.90 Å². The highest BCUT2D eigenvalue weighted by Gasteiger charge is 2.21. The zero-order valence-corrected chi connectivity index (χ0v) is 14.3. The molecule has 0 atom stereocenters. The molecule has 4 nitrogen and oxygen atoms in total. The van der Waals surface area contributed by atoms with Crippen molar-refractivity contribution in [2.24, 2.45) is 0 Å². The highest BCUT2D eigenvalue weighted by Crippen LogP contribution is 2.29. The van der Waals surface area contributed by atoms with Crippen molar-refractivity contribution < 1.29 is 8.78 Å². The van der Waals surface area contributed by atoms with Crippen molar-refractivity contribution in [2.75, 3.05) is 18.0 Å². The van der Waals surface area contributed by atoms with Crippen LogP contribution in [0.5, 0.6) is 0 Å². The number of hydrogen-bond acceptors (Lipinski definition) is 3. The maximum atomic E-state index is 14.0. The third-order valence-electron chi connectivity index (χ3n) is 4.02. The normalized spacial score (nSPS) is 14.8. The van der Waals surface area contributed by atoms with Crippen molar-refractivity contribution in [3.05, 3.63) is 45.7 Å². The topological polar surface area (TPSA) is 33.4 Å². The second-order valence-corrected chi connectivity index (χ2v) is 6.62. The molecule has 1 fully saturated rings. The van der Waals surface area contributed by atoms with Crippen LogP contribution in [0.25, 0.3) is 16.9 Å². The van der Waals surface area contributed by atoms with Crippen molar-refractivity contribution in [1.82, 2.24) is 14.6 Å². The molecule has 23 heavy (non-hydrogen) atoms. The zero-order chi connectivity index (χ0) is 16.0. The molecule has 0 spiro atoms. The van der Waals surface area contributed by atoms with Crippen LogP contribution in [0.3, 0.4) is 0 Å². The second-order valence-electron chi connectivity index (χ2n) is 5.54. The van der Waals surface area contributed by atoms with Gasteiger partial charge in [-0.1, -0.05) is 0 Å². The average Bonchev–Trinajstić information content (AvgIpc) is 3.18. The lowest BCUT2D eigenvalue weighted by molar-refractivity contribution is 0.602. The molecule has 2 aromatic heterocycles. The summed E-state index contributed by atoms with van der Waals surface area (Å²) in [5, 5.41) is 4.57. The molecule has 4 rings (SSSR count). The van der Waals surface area contributed by atoms with Crippen LogP contribution in [0.15, 0.2) is 30.5 Å². The van der Waals surface area contributed by atoms with E-state index in [1.165, 1.54) is 6.07 Å². The van der Waals surface area contributed by atoms with Gasteiger partial charge in [-0.05, 0) is 59.7 Å². The Bertz CT molecular complexity index is 887. The molecule has 0 bridgehead atoms. The Labute approximate surface area is 145 Å². The Kier molecular flexibility index (Phi) is 3.67. The first-order valence-corrected chi connectivity index (χ1v) is 8.46. The molecule has 0 radical (unpaired) electrons. The molecule has 0 saturated carbocycles. The van der Waals surface area contributed by atoms with E-state index >= 15 is 0 Å². The van der Waals surface area contributed by atoms with Crippen molar-refractivity contribution in [3.63, 3.8) is 0 Å². The molecule has 0 aliphatic carbocycles. The van der Waals surface area contributed by atoms with Gasteiger partial charge in [-0.15, -0.1) is 5.10 Å². The van der Waals surface area contributed by atoms with Gasteiger partial charge in [0.05, 0.1) is 5.69 Å². The molecule has 3 aromatic rings. The fourth-order valence-electron chi connectivity index (χ4n) is 2.87. The van der Waals surface area contributed by atoms with E-state index in [0.717, 1.165) is 47.5 Å². The van der Waals surface area contributed by atoms with Gasteiger partial charge in [-0.2, -0.15) is 0 Å². The summed E-state index contributed by atoms with van der Waals surface area (Å²) in [5.74, 6) is -0.0611. The summed E-state index contributed by atoms with van der Waals surface area (Å²) in [6.45, 7) is 1.98. The van der Waals surface area contributed by atoms with Crippen LogP contribution >= 0.6 is 22.6 Å². The minimum Gasteiger partial charge on any atom is -0.354 e. The number of nitrogens with zero attached hydrogens (tertiary/aromatic N) is 4. The summed E-state index contributed by atoms with van der Waals surface area (Å²) in [6, 6.07) is 5.04. The maximum absolute atomic E-state index is 14.0. The monoisotopic (exact) mass is 426 g/mol. The van der Waals surface area contributed by atoms with Gasteiger partial charge in [0.15, 0.2) is 11.5 Å². The zero-order valence-electron chi connectivity index (χ0n) is 12.1. The number of fused-ring (bicyclic) bond motifs is 1. The van der Waals surface area contributed by atoms with Crippen LogP contribution in [0, 0.1) is 15.2 Å². The van der Waals surface area contributed by atoms with Gasteiger partial charge in [0.2, 0.25) is 0 Å². The summed E-state index contributed by atoms with van der Waals surface area (Å²) in [6.07, 6.45) is 4.07. The van der Waals surface area contributed by atoms with Gasteiger partial charge >= 0.3 is 0 Å². The Morgan fingerprint density at radius 1 is 1.09 bits per heavy atom. The quantitative estimate of drug-likeness (QED) is 0.584. The maximum Gasteiger partial charge on any atom is 0.171 e. The summed E-state index contributed by atoms with van der Waals surface area (Å²) in [5.41, 5.74) is 1.22. The number of hydrogen-bond donors (Lipinski definition) is 0. The molecule has 1 aliphatic heterocycles. The first-order valence-electron chi connectivity index (χ1n) is 7.39. The van der Waals surface area contributed by atoms with E-state index in [2.05, 4.69) is 37.6 Å². The highest BCUT2D eigenvalue weighted by molar-refractivity contribution is 14.1. The summed E-state index contributed by atoms with van der Waals surface area (Å²) >= 11 is 2.22. The summed E-state index contributed by atoms with van der Waals surface area (Å²) in [4.78, 5) is 6.73. The molecule has 1 saturated heterocycles. The average molecular weight is 426 g/mol. The molecule has 3 heterocycles. The molecule has 0 N–H and O–H groups in total. The molecule has 1 aliphatic rings. The molecular weight excluding hydrogens is 413 g/mol. The first kappa shape index (κ1) is 14.8. The third kappa shape index (κ3) is 2.56. The minimum atomic E-state index is -0.488. The van der Waals surface area contributed by atoms with Crippen molar-refractivity contribution in [1.29, 1.82) is 0 Å². The van der Waals surface area contributed by atoms with E-state index in [1.807, 2.05) is 0 Å². The van der Waals surface area contributed by atoms with Gasteiger partial charge in [0.1, 0.15) is 15.2 Å². The lowest BCUT2D eigenvalue weighted by atomic mass is 10.1. The number of rotatable bonds is 2. The minimum absolute atomic E-state index is 0.159. The lowest BCUT2D eigenvalue weighted by Gasteiger charge is -2.13. The smallest absolute Gasteiger partial charge is 0.171 e. The SMILES string of the molecule is Fc1ccc(F)c(-c2ccn3nc(N4CCCC4)c(I)c3n2)c1. The van der Waals surface area contributed by atoms with E-state index in [9.17, 15) is 8.78 Å². The van der Waals surface area contributed by atoms with E-state index in [1.54, 1.807) is 16.8 Å². The largest absolute Gasteiger partial charge is 0.354 e. The van der Waals surface area contributed by atoms with Crippen molar-refractivity contribution >= 4 is 34.1 Å². The number of aromatic nitrogens is 3. The molecule has 1 aromatic carbocycles. The van der Waals surface area contributed by atoms with Crippen LogP contribution in [0.1, 0.15) is 12.8 Å². The van der Waals surface area contributed by atoms with Crippen LogP contribution in [-0.4, -0.2) is 27.7 Å². The lowest BCUT2D eigenvalue weighted by Crippen LogP contribution is -2.19. The van der Waals surface area contributed by atoms with Gasteiger partial charge in [-0.25, -0.2) is 18.3 Å². The fraction of sp³-hybridized carbons (Fsp3) is 0.250. The fourth-order valence-corrected chi connectivity index (χ4v) is 3.68. The van der Waals surface area contributed by atoms with E-state index in [4.69, 9.17) is 0 Å². The van der Waals surface area contributed by atoms with Crippen molar-refractivity contribution in [3.8, 4) is 11.3 Å². The van der Waals surface area contributed by atoms with Crippen LogP contribution in [-0.2, 0) is 0 Å². The molecule has 118 valence electrons. The van der Waals surface area contributed by atoms with Gasteiger partial charge in [0.25, 0.3) is 0 Å². The van der Waals surface area contributed by atoms with Crippen molar-refractivity contribution in [2.45, 2.75) is 12.8 Å². The molecule has 7 heteroatoms. The molecule has 0 unspecified atom stereocenters. The van der Waals surface area contributed by atoms with Crippen LogP contribution in [0.2, 0.25) is 0 Å². The van der Waals surface area contributed by atoms with E-state index in [0.29, 0.717) is 11.3 Å². The Morgan fingerprint density at radius 3 is 2.65 bits per heavy atom. The van der Waals surface area contributed by atoms with E-state index in [-0.39, 0.29) is 5.56 Å². The standard InChI is InChI=1S/C16H13F2IN4/c17-10-3-4-12(18)11(9-10)13-5-8-23-15(20-13)14(19)16(21-23)22-6-1-2-7-22/h3-5,8-9H,1-2,6-7H2. The van der Waals surface area contributed by atoms with E-state index < -0.39 is 11.6 Å². The first-order chi connectivity index (χ1) is 11.1. The number of halogens is 3. The van der Waals surface area contributed by atoms with Crippen LogP contribution in [0.4, 0.5) is 14.6 Å². The summed E-state index contributed by atoms with van der Waals surface area (Å²) < 4.78 is 30.0. The number of anilines is 1. The third-order valence-corrected chi connectivity index (χ3v) is 4.99. The predicted octanol–water partition coefficient (Wildman–Crippen LogP) is 3.88. The molecular formula is C16H13F2IN4. The Hall–Kier alpha value is -1.77.